The van der Waals surface area contributed by atoms with Gasteiger partial charge in [-0.25, -0.2) is 5.48 Å². The van der Waals surface area contributed by atoms with Crippen molar-refractivity contribution in [2.45, 2.75) is 0 Å². The van der Waals surface area contributed by atoms with E-state index >= 15 is 0 Å². The number of methoxy groups -OCH3 is 1. The first-order chi connectivity index (χ1) is 7.88. The van der Waals surface area contributed by atoms with E-state index in [2.05, 4.69) is 5.48 Å². The molecule has 0 bridgehead atoms. The van der Waals surface area contributed by atoms with Gasteiger partial charge in [-0.05, 0) is 36.4 Å². The van der Waals surface area contributed by atoms with E-state index in [1.165, 1.54) is 0 Å². The van der Waals surface area contributed by atoms with Crippen molar-refractivity contribution in [1.29, 1.82) is 0 Å². The van der Waals surface area contributed by atoms with Crippen LogP contribution in [0.3, 0.4) is 0 Å². The Morgan fingerprint density at radius 3 is 2.06 bits per heavy atom. The molecule has 16 heavy (non-hydrogen) atoms. The van der Waals surface area contributed by atoms with Gasteiger partial charge in [-0.3, -0.25) is 0 Å². The van der Waals surface area contributed by atoms with Gasteiger partial charge in [-0.15, -0.1) is 0 Å². The molecule has 0 saturated carbocycles. The largest absolute Gasteiger partial charge is 0.497 e. The van der Waals surface area contributed by atoms with Crippen molar-refractivity contribution in [1.82, 2.24) is 0 Å². The van der Waals surface area contributed by atoms with Crippen LogP contribution < -0.4 is 15.1 Å². The van der Waals surface area contributed by atoms with E-state index in [1.807, 2.05) is 54.6 Å². The lowest BCUT2D eigenvalue weighted by molar-refractivity contribution is 0.397. The van der Waals surface area contributed by atoms with Crippen molar-refractivity contribution in [2.75, 3.05) is 12.6 Å². The number of ether oxygens (including phenoxy) is 1. The fraction of sp³-hybridized carbons (Fsp3) is 0.0769. The summed E-state index contributed by atoms with van der Waals surface area (Å²) in [5.41, 5.74) is 3.77. The molecule has 0 aliphatic rings. The molecule has 0 aliphatic carbocycles. The van der Waals surface area contributed by atoms with E-state index in [0.29, 0.717) is 0 Å². The van der Waals surface area contributed by atoms with Gasteiger partial charge >= 0.3 is 0 Å². The molecule has 2 rings (SSSR count). The minimum atomic E-state index is 0.740. The lowest BCUT2D eigenvalue weighted by atomic mass is 10.3. The zero-order chi connectivity index (χ0) is 11.2. The molecule has 0 spiro atoms. The quantitative estimate of drug-likeness (QED) is 0.795. The van der Waals surface area contributed by atoms with Crippen LogP contribution in [0.2, 0.25) is 0 Å². The number of para-hydroxylation sites is 1. The van der Waals surface area contributed by atoms with Gasteiger partial charge in [0.1, 0.15) is 5.75 Å². The summed E-state index contributed by atoms with van der Waals surface area (Å²) >= 11 is 0. The second kappa shape index (κ2) is 5.07. The van der Waals surface area contributed by atoms with Crippen molar-refractivity contribution < 1.29 is 9.57 Å². The maximum atomic E-state index is 5.39. The Bertz CT molecular complexity index is 425. The number of nitrogens with one attached hydrogen (secondary N) is 1. The fourth-order valence-corrected chi connectivity index (χ4v) is 1.27. The van der Waals surface area contributed by atoms with E-state index in [9.17, 15) is 0 Å². The Labute approximate surface area is 94.6 Å². The Balaban J connectivity index is 1.94. The molecule has 0 radical (unpaired) electrons. The lowest BCUT2D eigenvalue weighted by Gasteiger charge is -2.08. The molecule has 0 atom stereocenters. The number of rotatable bonds is 4. The minimum Gasteiger partial charge on any atom is -0.497 e. The van der Waals surface area contributed by atoms with Crippen LogP contribution in [0.15, 0.2) is 54.6 Å². The minimum absolute atomic E-state index is 0.740. The molecule has 0 heterocycles. The molecule has 3 nitrogen and oxygen atoms in total. The zero-order valence-electron chi connectivity index (χ0n) is 9.01. The molecular weight excluding hydrogens is 202 g/mol. The highest BCUT2D eigenvalue weighted by Crippen LogP contribution is 2.17. The van der Waals surface area contributed by atoms with Gasteiger partial charge in [0, 0.05) is 0 Å². The lowest BCUT2D eigenvalue weighted by Crippen LogP contribution is -2.03. The molecule has 0 unspecified atom stereocenters. The van der Waals surface area contributed by atoms with E-state index in [-0.39, 0.29) is 0 Å². The molecule has 82 valence electrons. The van der Waals surface area contributed by atoms with Crippen LogP contribution in [0.4, 0.5) is 5.69 Å². The molecule has 0 amide bonds. The summed E-state index contributed by atoms with van der Waals surface area (Å²) in [6, 6.07) is 17.1. The average molecular weight is 215 g/mol. The van der Waals surface area contributed by atoms with E-state index in [0.717, 1.165) is 17.2 Å². The Morgan fingerprint density at radius 1 is 0.812 bits per heavy atom. The van der Waals surface area contributed by atoms with Gasteiger partial charge < -0.3 is 9.57 Å². The summed E-state index contributed by atoms with van der Waals surface area (Å²) in [4.78, 5) is 5.39. The third kappa shape index (κ3) is 2.67. The SMILES string of the molecule is COc1ccc(ONc2ccccc2)cc1. The zero-order valence-corrected chi connectivity index (χ0v) is 9.01. The number of benzene rings is 2. The van der Waals surface area contributed by atoms with Crippen molar-refractivity contribution in [3.05, 3.63) is 54.6 Å². The van der Waals surface area contributed by atoms with Crippen molar-refractivity contribution >= 4 is 5.69 Å². The summed E-state index contributed by atoms with van der Waals surface area (Å²) in [5, 5.41) is 0. The van der Waals surface area contributed by atoms with Crippen LogP contribution in [-0.4, -0.2) is 7.11 Å². The first kappa shape index (κ1) is 10.4. The average Bonchev–Trinajstić information content (AvgIpc) is 2.38. The van der Waals surface area contributed by atoms with E-state index in [4.69, 9.17) is 9.57 Å². The molecule has 1 N–H and O–H groups in total. The van der Waals surface area contributed by atoms with Gasteiger partial charge in [-0.2, -0.15) is 0 Å². The molecule has 0 aliphatic heterocycles. The topological polar surface area (TPSA) is 30.5 Å². The first-order valence-corrected chi connectivity index (χ1v) is 5.00. The standard InChI is InChI=1S/C13H13NO2/c1-15-12-7-9-13(10-8-12)16-14-11-5-3-2-4-6-11/h2-10,14H,1H3. The van der Waals surface area contributed by atoms with Crippen LogP contribution >= 0.6 is 0 Å². The molecular formula is C13H13NO2. The molecule has 0 saturated heterocycles. The van der Waals surface area contributed by atoms with Gasteiger partial charge in [0.15, 0.2) is 5.75 Å². The third-order valence-corrected chi connectivity index (χ3v) is 2.12. The highest BCUT2D eigenvalue weighted by Gasteiger charge is 1.95. The summed E-state index contributed by atoms with van der Waals surface area (Å²) in [5.74, 6) is 1.55. The normalized spacial score (nSPS) is 9.56. The van der Waals surface area contributed by atoms with Crippen LogP contribution in [0.1, 0.15) is 0 Å². The summed E-state index contributed by atoms with van der Waals surface area (Å²) in [7, 11) is 1.64. The highest BCUT2D eigenvalue weighted by molar-refractivity contribution is 5.41. The van der Waals surface area contributed by atoms with Crippen molar-refractivity contribution in [2.24, 2.45) is 0 Å². The van der Waals surface area contributed by atoms with E-state index < -0.39 is 0 Å². The summed E-state index contributed by atoms with van der Waals surface area (Å²) in [6.07, 6.45) is 0. The second-order valence-electron chi connectivity index (χ2n) is 3.25. The predicted octanol–water partition coefficient (Wildman–Crippen LogP) is 3.10. The second-order valence-corrected chi connectivity index (χ2v) is 3.25. The molecule has 2 aromatic carbocycles. The van der Waals surface area contributed by atoms with Crippen LogP contribution in [-0.2, 0) is 0 Å². The molecule has 0 aromatic heterocycles. The maximum Gasteiger partial charge on any atom is 0.155 e. The first-order valence-electron chi connectivity index (χ1n) is 5.00. The third-order valence-electron chi connectivity index (χ3n) is 2.12. The fourth-order valence-electron chi connectivity index (χ4n) is 1.27. The van der Waals surface area contributed by atoms with Gasteiger partial charge in [-0.1, -0.05) is 18.2 Å². The summed E-state index contributed by atoms with van der Waals surface area (Å²) in [6.45, 7) is 0. The summed E-state index contributed by atoms with van der Waals surface area (Å²) < 4.78 is 5.06. The number of hydrogen-bond acceptors (Lipinski definition) is 3. The van der Waals surface area contributed by atoms with Gasteiger partial charge in [0.2, 0.25) is 0 Å². The molecule has 0 fully saturated rings. The van der Waals surface area contributed by atoms with Crippen molar-refractivity contribution in [3.63, 3.8) is 0 Å². The predicted molar refractivity (Wildman–Crippen MR) is 63.7 cm³/mol. The smallest absolute Gasteiger partial charge is 0.155 e. The molecule has 2 aromatic rings. The van der Waals surface area contributed by atoms with Gasteiger partial charge in [0.05, 0.1) is 12.8 Å². The monoisotopic (exact) mass is 215 g/mol. The van der Waals surface area contributed by atoms with Crippen molar-refractivity contribution in [3.8, 4) is 11.5 Å². The Hall–Kier alpha value is -2.16. The Morgan fingerprint density at radius 2 is 1.44 bits per heavy atom. The van der Waals surface area contributed by atoms with Gasteiger partial charge in [0.25, 0.3) is 0 Å². The van der Waals surface area contributed by atoms with Crippen LogP contribution in [0.5, 0.6) is 11.5 Å². The van der Waals surface area contributed by atoms with Crippen LogP contribution in [0, 0.1) is 0 Å². The number of hydrogen-bond donors (Lipinski definition) is 1. The van der Waals surface area contributed by atoms with Crippen LogP contribution in [0.25, 0.3) is 0 Å². The molecule has 3 heteroatoms. The number of anilines is 1. The highest BCUT2D eigenvalue weighted by atomic mass is 16.6. The maximum absolute atomic E-state index is 5.39. The Kier molecular flexibility index (Phi) is 3.28. The van der Waals surface area contributed by atoms with E-state index in [1.54, 1.807) is 7.11 Å².